The molecule has 2 heteroatoms. The van der Waals surface area contributed by atoms with Crippen LogP contribution in [0.3, 0.4) is 0 Å². The van der Waals surface area contributed by atoms with E-state index in [0.29, 0.717) is 0 Å². The first-order valence-corrected chi connectivity index (χ1v) is 5.83. The molecule has 1 atom stereocenters. The van der Waals surface area contributed by atoms with Gasteiger partial charge in [-0.2, -0.15) is 0 Å². The molecule has 0 radical (unpaired) electrons. The molecule has 0 bridgehead atoms. The zero-order valence-corrected chi connectivity index (χ0v) is 9.18. The van der Waals surface area contributed by atoms with Crippen LogP contribution in [0.5, 0.6) is 0 Å². The number of nitrogens with zero attached hydrogens (tertiary/aromatic N) is 1. The van der Waals surface area contributed by atoms with Gasteiger partial charge in [0.05, 0.1) is 0 Å². The summed E-state index contributed by atoms with van der Waals surface area (Å²) in [6.07, 6.45) is 5.42. The average molecular weight is 184 g/mol. The number of hydrogen-bond donors (Lipinski definition) is 1. The molecule has 13 heavy (non-hydrogen) atoms. The first-order chi connectivity index (χ1) is 6.38. The molecule has 0 aromatic heterocycles. The third kappa shape index (κ3) is 3.65. The summed E-state index contributed by atoms with van der Waals surface area (Å²) in [6.45, 7) is 9.49. The highest BCUT2D eigenvalue weighted by Crippen LogP contribution is 2.10. The molecule has 2 nitrogen and oxygen atoms in total. The maximum atomic E-state index is 3.48. The van der Waals surface area contributed by atoms with Crippen molar-refractivity contribution in [2.24, 2.45) is 0 Å². The lowest BCUT2D eigenvalue weighted by Gasteiger charge is -2.33. The van der Waals surface area contributed by atoms with E-state index < -0.39 is 0 Å². The summed E-state index contributed by atoms with van der Waals surface area (Å²) < 4.78 is 0. The molecular formula is C11H24N2. The Morgan fingerprint density at radius 1 is 1.38 bits per heavy atom. The molecule has 1 heterocycles. The van der Waals surface area contributed by atoms with Crippen molar-refractivity contribution in [1.82, 2.24) is 10.2 Å². The van der Waals surface area contributed by atoms with Crippen molar-refractivity contribution >= 4 is 0 Å². The molecule has 78 valence electrons. The van der Waals surface area contributed by atoms with Gasteiger partial charge in [-0.15, -0.1) is 0 Å². The summed E-state index contributed by atoms with van der Waals surface area (Å²) in [5, 5.41) is 3.48. The zero-order chi connectivity index (χ0) is 9.52. The summed E-state index contributed by atoms with van der Waals surface area (Å²) in [4.78, 5) is 2.63. The van der Waals surface area contributed by atoms with Gasteiger partial charge in [-0.05, 0) is 38.9 Å². The van der Waals surface area contributed by atoms with Crippen LogP contribution in [-0.2, 0) is 0 Å². The Kier molecular flexibility index (Phi) is 5.40. The lowest BCUT2D eigenvalue weighted by atomic mass is 10.1. The standard InChI is InChI=1S/C11H24N2/c1-3-5-9-13(4-2)11-7-6-8-12-10-11/h11-12H,3-10H2,1-2H3. The second-order valence-corrected chi connectivity index (χ2v) is 3.98. The SMILES string of the molecule is CCCCN(CC)C1CCCNC1. The summed E-state index contributed by atoms with van der Waals surface area (Å²) >= 11 is 0. The molecular weight excluding hydrogens is 160 g/mol. The Hall–Kier alpha value is -0.0800. The molecule has 1 rings (SSSR count). The van der Waals surface area contributed by atoms with E-state index in [9.17, 15) is 0 Å². The number of piperidine rings is 1. The van der Waals surface area contributed by atoms with Crippen molar-refractivity contribution in [2.75, 3.05) is 26.2 Å². The summed E-state index contributed by atoms with van der Waals surface area (Å²) in [5.74, 6) is 0. The molecule has 0 saturated carbocycles. The highest BCUT2D eigenvalue weighted by Gasteiger charge is 2.18. The van der Waals surface area contributed by atoms with Crippen LogP contribution in [0.2, 0.25) is 0 Å². The van der Waals surface area contributed by atoms with Gasteiger partial charge in [-0.3, -0.25) is 4.90 Å². The highest BCUT2D eigenvalue weighted by atomic mass is 15.2. The smallest absolute Gasteiger partial charge is 0.0220 e. The summed E-state index contributed by atoms with van der Waals surface area (Å²) in [7, 11) is 0. The number of nitrogens with one attached hydrogen (secondary N) is 1. The largest absolute Gasteiger partial charge is 0.315 e. The third-order valence-electron chi connectivity index (χ3n) is 2.99. The summed E-state index contributed by atoms with van der Waals surface area (Å²) in [5.41, 5.74) is 0. The highest BCUT2D eigenvalue weighted by molar-refractivity contribution is 4.77. The Balaban J connectivity index is 2.26. The molecule has 0 amide bonds. The zero-order valence-electron chi connectivity index (χ0n) is 9.18. The van der Waals surface area contributed by atoms with Crippen LogP contribution >= 0.6 is 0 Å². The Bertz CT molecular complexity index is 119. The number of unbranched alkanes of at least 4 members (excludes halogenated alkanes) is 1. The van der Waals surface area contributed by atoms with E-state index in [0.717, 1.165) is 6.04 Å². The van der Waals surface area contributed by atoms with Crippen molar-refractivity contribution in [3.8, 4) is 0 Å². The molecule has 1 N–H and O–H groups in total. The minimum atomic E-state index is 0.810. The molecule has 0 aliphatic carbocycles. The van der Waals surface area contributed by atoms with Crippen molar-refractivity contribution < 1.29 is 0 Å². The monoisotopic (exact) mass is 184 g/mol. The van der Waals surface area contributed by atoms with Crippen LogP contribution < -0.4 is 5.32 Å². The van der Waals surface area contributed by atoms with Gasteiger partial charge < -0.3 is 5.32 Å². The second-order valence-electron chi connectivity index (χ2n) is 3.98. The molecule has 1 unspecified atom stereocenters. The number of likely N-dealkylation sites (N-methyl/N-ethyl adjacent to an activating group) is 1. The first kappa shape index (κ1) is 11.0. The lowest BCUT2D eigenvalue weighted by Crippen LogP contribution is -2.46. The predicted molar refractivity (Wildman–Crippen MR) is 58.0 cm³/mol. The Morgan fingerprint density at radius 2 is 2.23 bits per heavy atom. The van der Waals surface area contributed by atoms with Crippen LogP contribution in [-0.4, -0.2) is 37.1 Å². The van der Waals surface area contributed by atoms with E-state index in [1.807, 2.05) is 0 Å². The molecule has 1 aliphatic heterocycles. The van der Waals surface area contributed by atoms with Gasteiger partial charge in [0.1, 0.15) is 0 Å². The maximum Gasteiger partial charge on any atom is 0.0220 e. The Labute approximate surface area is 82.7 Å². The van der Waals surface area contributed by atoms with E-state index in [2.05, 4.69) is 24.1 Å². The molecule has 1 aliphatic rings. The van der Waals surface area contributed by atoms with Gasteiger partial charge in [0.15, 0.2) is 0 Å². The van der Waals surface area contributed by atoms with Crippen LogP contribution in [0.25, 0.3) is 0 Å². The van der Waals surface area contributed by atoms with E-state index >= 15 is 0 Å². The van der Waals surface area contributed by atoms with Crippen molar-refractivity contribution in [1.29, 1.82) is 0 Å². The van der Waals surface area contributed by atoms with Gasteiger partial charge >= 0.3 is 0 Å². The fourth-order valence-corrected chi connectivity index (χ4v) is 2.11. The van der Waals surface area contributed by atoms with E-state index in [-0.39, 0.29) is 0 Å². The average Bonchev–Trinajstić information content (AvgIpc) is 2.21. The minimum Gasteiger partial charge on any atom is -0.315 e. The van der Waals surface area contributed by atoms with Gasteiger partial charge in [0.2, 0.25) is 0 Å². The van der Waals surface area contributed by atoms with Crippen LogP contribution in [0.4, 0.5) is 0 Å². The van der Waals surface area contributed by atoms with Crippen molar-refractivity contribution in [3.05, 3.63) is 0 Å². The predicted octanol–water partition coefficient (Wildman–Crippen LogP) is 1.86. The van der Waals surface area contributed by atoms with Crippen LogP contribution in [0, 0.1) is 0 Å². The second kappa shape index (κ2) is 6.39. The normalized spacial score (nSPS) is 23.8. The van der Waals surface area contributed by atoms with Gasteiger partial charge in [-0.25, -0.2) is 0 Å². The lowest BCUT2D eigenvalue weighted by molar-refractivity contribution is 0.172. The summed E-state index contributed by atoms with van der Waals surface area (Å²) in [6, 6.07) is 0.810. The van der Waals surface area contributed by atoms with E-state index in [4.69, 9.17) is 0 Å². The van der Waals surface area contributed by atoms with Gasteiger partial charge in [-0.1, -0.05) is 20.3 Å². The van der Waals surface area contributed by atoms with Crippen LogP contribution in [0.1, 0.15) is 39.5 Å². The third-order valence-corrected chi connectivity index (χ3v) is 2.99. The van der Waals surface area contributed by atoms with Gasteiger partial charge in [0, 0.05) is 12.6 Å². The molecule has 0 aromatic carbocycles. The minimum absolute atomic E-state index is 0.810. The Morgan fingerprint density at radius 3 is 2.77 bits per heavy atom. The van der Waals surface area contributed by atoms with Crippen molar-refractivity contribution in [3.63, 3.8) is 0 Å². The molecule has 0 aromatic rings. The molecule has 1 saturated heterocycles. The maximum absolute atomic E-state index is 3.48. The number of hydrogen-bond acceptors (Lipinski definition) is 2. The van der Waals surface area contributed by atoms with E-state index in [1.54, 1.807) is 0 Å². The molecule has 1 fully saturated rings. The quantitative estimate of drug-likeness (QED) is 0.701. The molecule has 0 spiro atoms. The fraction of sp³-hybridized carbons (Fsp3) is 1.00. The first-order valence-electron chi connectivity index (χ1n) is 5.83. The van der Waals surface area contributed by atoms with Gasteiger partial charge in [0.25, 0.3) is 0 Å². The number of rotatable bonds is 5. The topological polar surface area (TPSA) is 15.3 Å². The van der Waals surface area contributed by atoms with Crippen LogP contribution in [0.15, 0.2) is 0 Å². The van der Waals surface area contributed by atoms with Crippen molar-refractivity contribution in [2.45, 2.75) is 45.6 Å². The van der Waals surface area contributed by atoms with E-state index in [1.165, 1.54) is 51.9 Å². The fourth-order valence-electron chi connectivity index (χ4n) is 2.11.